The van der Waals surface area contributed by atoms with Gasteiger partial charge in [-0.3, -0.25) is 5.41 Å². The molecule has 0 saturated heterocycles. The van der Waals surface area contributed by atoms with Crippen molar-refractivity contribution in [1.82, 2.24) is 0 Å². The van der Waals surface area contributed by atoms with E-state index in [1.165, 1.54) is 44.1 Å². The van der Waals surface area contributed by atoms with Gasteiger partial charge in [0.2, 0.25) is 0 Å². The average molecular weight is 319 g/mol. The summed E-state index contributed by atoms with van der Waals surface area (Å²) in [5, 5.41) is 8.21. The predicted molar refractivity (Wildman–Crippen MR) is 93.4 cm³/mol. The lowest BCUT2D eigenvalue weighted by atomic mass is 9.46. The van der Waals surface area contributed by atoms with Gasteiger partial charge in [0.1, 0.15) is 0 Å². The van der Waals surface area contributed by atoms with Gasteiger partial charge in [-0.2, -0.15) is 0 Å². The standard InChI is InChI=1S/C19H26N2.ClH/c20-18(21)17(9-13-4-2-1-3-5-13)19-10-14-6-15(11-19)8-16(7-14)12-19;/h1-5,14-17H,6-12H2,(H3,20,21);1H. The van der Waals surface area contributed by atoms with Gasteiger partial charge in [-0.15, -0.1) is 12.4 Å². The molecule has 0 aromatic heterocycles. The molecule has 1 unspecified atom stereocenters. The van der Waals surface area contributed by atoms with Crippen LogP contribution >= 0.6 is 12.4 Å². The third kappa shape index (κ3) is 2.67. The summed E-state index contributed by atoms with van der Waals surface area (Å²) in [6.45, 7) is 0. The first-order chi connectivity index (χ1) is 10.1. The molecule has 22 heavy (non-hydrogen) atoms. The lowest BCUT2D eigenvalue weighted by Crippen LogP contribution is -2.53. The molecule has 0 heterocycles. The summed E-state index contributed by atoms with van der Waals surface area (Å²) in [6.07, 6.45) is 9.31. The Kier molecular flexibility index (Phi) is 4.24. The number of hydrogen-bond acceptors (Lipinski definition) is 1. The van der Waals surface area contributed by atoms with Gasteiger partial charge in [-0.25, -0.2) is 0 Å². The van der Waals surface area contributed by atoms with Gasteiger partial charge in [0, 0.05) is 5.92 Å². The Morgan fingerprint density at radius 1 is 1.05 bits per heavy atom. The first-order valence-corrected chi connectivity index (χ1v) is 8.52. The van der Waals surface area contributed by atoms with Crippen LogP contribution in [0.4, 0.5) is 0 Å². The fourth-order valence-electron chi connectivity index (χ4n) is 6.11. The highest BCUT2D eigenvalue weighted by Crippen LogP contribution is 2.63. The second-order valence-corrected chi connectivity index (χ2v) is 7.98. The van der Waals surface area contributed by atoms with Gasteiger partial charge < -0.3 is 5.73 Å². The van der Waals surface area contributed by atoms with E-state index >= 15 is 0 Å². The van der Waals surface area contributed by atoms with Crippen LogP contribution in [-0.4, -0.2) is 5.84 Å². The van der Waals surface area contributed by atoms with Crippen LogP contribution < -0.4 is 5.73 Å². The monoisotopic (exact) mass is 318 g/mol. The van der Waals surface area contributed by atoms with Crippen molar-refractivity contribution in [2.75, 3.05) is 0 Å². The molecule has 4 bridgehead atoms. The predicted octanol–water partition coefficient (Wildman–Crippen LogP) is 4.42. The van der Waals surface area contributed by atoms with Gasteiger partial charge in [-0.05, 0) is 73.7 Å². The molecule has 120 valence electrons. The van der Waals surface area contributed by atoms with Crippen molar-refractivity contribution in [3.05, 3.63) is 35.9 Å². The van der Waals surface area contributed by atoms with Crippen LogP contribution in [0.2, 0.25) is 0 Å². The fourth-order valence-corrected chi connectivity index (χ4v) is 6.11. The van der Waals surface area contributed by atoms with Crippen molar-refractivity contribution in [2.45, 2.75) is 44.9 Å². The molecule has 1 aromatic rings. The third-order valence-corrected chi connectivity index (χ3v) is 6.48. The molecule has 0 aliphatic heterocycles. The molecule has 4 fully saturated rings. The lowest BCUT2D eigenvalue weighted by molar-refractivity contribution is -0.0722. The van der Waals surface area contributed by atoms with E-state index in [0.717, 1.165) is 24.2 Å². The SMILES string of the molecule is Cl.N=C(N)C(Cc1ccccc1)C12CC3CC(CC(C3)C1)C2. The van der Waals surface area contributed by atoms with E-state index in [1.54, 1.807) is 0 Å². The summed E-state index contributed by atoms with van der Waals surface area (Å²) in [5.74, 6) is 3.46. The Hall–Kier alpha value is -1.02. The van der Waals surface area contributed by atoms with Crippen LogP contribution in [0, 0.1) is 34.5 Å². The number of halogens is 1. The average Bonchev–Trinajstić information content (AvgIpc) is 2.44. The Morgan fingerprint density at radius 3 is 2.00 bits per heavy atom. The van der Waals surface area contributed by atoms with Crippen molar-refractivity contribution in [1.29, 1.82) is 5.41 Å². The highest BCUT2D eigenvalue weighted by atomic mass is 35.5. The molecule has 4 saturated carbocycles. The maximum Gasteiger partial charge on any atom is 0.0945 e. The Balaban J connectivity index is 0.00000144. The van der Waals surface area contributed by atoms with E-state index in [2.05, 4.69) is 30.3 Å². The Morgan fingerprint density at radius 2 is 1.55 bits per heavy atom. The molecule has 1 aromatic carbocycles. The van der Waals surface area contributed by atoms with Gasteiger partial charge >= 0.3 is 0 Å². The largest absolute Gasteiger partial charge is 0.387 e. The number of nitrogens with two attached hydrogens (primary N) is 1. The highest BCUT2D eigenvalue weighted by Gasteiger charge is 2.54. The molecule has 5 rings (SSSR count). The zero-order valence-corrected chi connectivity index (χ0v) is 13.9. The molecule has 0 amide bonds. The summed E-state index contributed by atoms with van der Waals surface area (Å²) >= 11 is 0. The van der Waals surface area contributed by atoms with Crippen LogP contribution in [0.3, 0.4) is 0 Å². The molecule has 4 aliphatic rings. The van der Waals surface area contributed by atoms with Gasteiger partial charge in [0.15, 0.2) is 0 Å². The molecule has 3 heteroatoms. The van der Waals surface area contributed by atoms with E-state index in [9.17, 15) is 0 Å². The maximum absolute atomic E-state index is 8.21. The normalized spacial score (nSPS) is 36.6. The smallest absolute Gasteiger partial charge is 0.0945 e. The molecule has 2 nitrogen and oxygen atoms in total. The zero-order chi connectivity index (χ0) is 14.4. The summed E-state index contributed by atoms with van der Waals surface area (Å²) in [6, 6.07) is 10.7. The number of rotatable bonds is 4. The molecule has 0 spiro atoms. The van der Waals surface area contributed by atoms with Crippen LogP contribution in [-0.2, 0) is 6.42 Å². The van der Waals surface area contributed by atoms with Crippen molar-refractivity contribution < 1.29 is 0 Å². The first kappa shape index (κ1) is 15.9. The molecular weight excluding hydrogens is 292 g/mol. The topological polar surface area (TPSA) is 49.9 Å². The fraction of sp³-hybridized carbons (Fsp3) is 0.632. The first-order valence-electron chi connectivity index (χ1n) is 8.52. The minimum atomic E-state index is 0. The minimum Gasteiger partial charge on any atom is -0.387 e. The molecular formula is C19H27ClN2. The minimum absolute atomic E-state index is 0. The van der Waals surface area contributed by atoms with E-state index in [0.29, 0.717) is 11.3 Å². The van der Waals surface area contributed by atoms with Crippen LogP contribution in [0.25, 0.3) is 0 Å². The summed E-state index contributed by atoms with van der Waals surface area (Å²) in [7, 11) is 0. The second-order valence-electron chi connectivity index (χ2n) is 7.98. The van der Waals surface area contributed by atoms with E-state index < -0.39 is 0 Å². The van der Waals surface area contributed by atoms with Crippen molar-refractivity contribution in [3.63, 3.8) is 0 Å². The highest BCUT2D eigenvalue weighted by molar-refractivity contribution is 5.85. The number of hydrogen-bond donors (Lipinski definition) is 2. The van der Waals surface area contributed by atoms with Crippen molar-refractivity contribution >= 4 is 18.2 Å². The molecule has 4 aliphatic carbocycles. The Labute approximate surface area is 139 Å². The lowest BCUT2D eigenvalue weighted by Gasteiger charge is -2.59. The van der Waals surface area contributed by atoms with Crippen molar-refractivity contribution in [2.24, 2.45) is 34.8 Å². The summed E-state index contributed by atoms with van der Waals surface area (Å²) < 4.78 is 0. The van der Waals surface area contributed by atoms with E-state index in [4.69, 9.17) is 11.1 Å². The number of nitrogens with one attached hydrogen (secondary N) is 1. The second kappa shape index (κ2) is 5.88. The molecule has 1 atom stereocenters. The van der Waals surface area contributed by atoms with Crippen LogP contribution in [0.1, 0.15) is 44.1 Å². The van der Waals surface area contributed by atoms with E-state index in [-0.39, 0.29) is 18.3 Å². The molecule has 0 radical (unpaired) electrons. The Bertz CT molecular complexity index is 504. The summed E-state index contributed by atoms with van der Waals surface area (Å²) in [5.41, 5.74) is 7.77. The molecule has 3 N–H and O–H groups in total. The van der Waals surface area contributed by atoms with Crippen LogP contribution in [0.15, 0.2) is 30.3 Å². The van der Waals surface area contributed by atoms with Gasteiger partial charge in [0.05, 0.1) is 5.84 Å². The van der Waals surface area contributed by atoms with Gasteiger partial charge in [0.25, 0.3) is 0 Å². The quantitative estimate of drug-likeness (QED) is 0.626. The number of benzene rings is 1. The number of amidine groups is 1. The maximum atomic E-state index is 8.21. The third-order valence-electron chi connectivity index (χ3n) is 6.48. The van der Waals surface area contributed by atoms with Gasteiger partial charge in [-0.1, -0.05) is 30.3 Å². The van der Waals surface area contributed by atoms with Crippen LogP contribution in [0.5, 0.6) is 0 Å². The zero-order valence-electron chi connectivity index (χ0n) is 13.1. The van der Waals surface area contributed by atoms with E-state index in [1.807, 2.05) is 0 Å². The van der Waals surface area contributed by atoms with Crippen molar-refractivity contribution in [3.8, 4) is 0 Å². The summed E-state index contributed by atoms with van der Waals surface area (Å²) in [4.78, 5) is 0.